The second-order valence-corrected chi connectivity index (χ2v) is 6.53. The van der Waals surface area contributed by atoms with Gasteiger partial charge in [-0.3, -0.25) is 4.90 Å². The zero-order valence-electron chi connectivity index (χ0n) is 13.5. The number of benzene rings is 1. The third kappa shape index (κ3) is 3.01. The van der Waals surface area contributed by atoms with Crippen LogP contribution < -0.4 is 5.32 Å². The lowest BCUT2D eigenvalue weighted by molar-refractivity contribution is -0.0740. The molecule has 0 spiro atoms. The van der Waals surface area contributed by atoms with Crippen LogP contribution >= 0.6 is 0 Å². The van der Waals surface area contributed by atoms with Crippen molar-refractivity contribution in [3.8, 4) is 0 Å². The minimum atomic E-state index is 0.348. The van der Waals surface area contributed by atoms with Crippen LogP contribution in [-0.2, 0) is 11.2 Å². The fourth-order valence-electron chi connectivity index (χ4n) is 3.96. The molecule has 1 aromatic carbocycles. The molecule has 1 saturated heterocycles. The van der Waals surface area contributed by atoms with Gasteiger partial charge in [0.15, 0.2) is 0 Å². The van der Waals surface area contributed by atoms with E-state index >= 15 is 0 Å². The summed E-state index contributed by atoms with van der Waals surface area (Å²) in [4.78, 5) is 2.68. The molecule has 0 bridgehead atoms. The molecule has 1 fully saturated rings. The predicted octanol–water partition coefficient (Wildman–Crippen LogP) is 2.76. The van der Waals surface area contributed by atoms with E-state index in [1.54, 1.807) is 0 Å². The van der Waals surface area contributed by atoms with Crippen molar-refractivity contribution >= 4 is 0 Å². The topological polar surface area (TPSA) is 24.5 Å². The minimum Gasteiger partial charge on any atom is -0.376 e. The average molecular weight is 288 g/mol. The van der Waals surface area contributed by atoms with Crippen LogP contribution in [-0.4, -0.2) is 42.8 Å². The number of hydrogen-bond donors (Lipinski definition) is 1. The molecule has 21 heavy (non-hydrogen) atoms. The predicted molar refractivity (Wildman–Crippen MR) is 86.6 cm³/mol. The fraction of sp³-hybridized carbons (Fsp3) is 0.667. The molecule has 4 unspecified atom stereocenters. The van der Waals surface area contributed by atoms with Gasteiger partial charge in [-0.05, 0) is 44.4 Å². The van der Waals surface area contributed by atoms with Gasteiger partial charge in [0.05, 0.1) is 12.7 Å². The van der Waals surface area contributed by atoms with Crippen molar-refractivity contribution in [2.24, 2.45) is 0 Å². The zero-order chi connectivity index (χ0) is 14.8. The molecule has 3 heteroatoms. The van der Waals surface area contributed by atoms with Crippen molar-refractivity contribution < 1.29 is 4.74 Å². The molecule has 1 heterocycles. The minimum absolute atomic E-state index is 0.348. The van der Waals surface area contributed by atoms with Crippen molar-refractivity contribution in [3.63, 3.8) is 0 Å². The Hall–Kier alpha value is -0.900. The van der Waals surface area contributed by atoms with Crippen molar-refractivity contribution in [2.75, 3.05) is 19.7 Å². The van der Waals surface area contributed by atoms with E-state index in [4.69, 9.17) is 4.74 Å². The second-order valence-electron chi connectivity index (χ2n) is 6.53. The lowest BCUT2D eigenvalue weighted by Gasteiger charge is -2.47. The highest BCUT2D eigenvalue weighted by atomic mass is 16.5. The average Bonchev–Trinajstić information content (AvgIpc) is 2.50. The molecule has 1 aliphatic carbocycles. The molecule has 0 amide bonds. The summed E-state index contributed by atoms with van der Waals surface area (Å²) in [6, 6.07) is 10.5. The molecule has 3 nitrogen and oxygen atoms in total. The van der Waals surface area contributed by atoms with E-state index in [0.717, 1.165) is 19.7 Å². The fourth-order valence-corrected chi connectivity index (χ4v) is 3.96. The Morgan fingerprint density at radius 1 is 1.29 bits per heavy atom. The first-order chi connectivity index (χ1) is 10.2. The van der Waals surface area contributed by atoms with Crippen LogP contribution in [0, 0.1) is 0 Å². The van der Waals surface area contributed by atoms with Gasteiger partial charge in [0.2, 0.25) is 0 Å². The Bertz CT molecular complexity index is 476. The van der Waals surface area contributed by atoms with Gasteiger partial charge in [-0.2, -0.15) is 0 Å². The summed E-state index contributed by atoms with van der Waals surface area (Å²) in [6.45, 7) is 9.63. The lowest BCUT2D eigenvalue weighted by atomic mass is 9.82. The first kappa shape index (κ1) is 15.0. The number of aryl methyl sites for hydroxylation is 1. The molecule has 0 aromatic heterocycles. The van der Waals surface area contributed by atoms with E-state index in [9.17, 15) is 0 Å². The number of likely N-dealkylation sites (N-methyl/N-ethyl adjacent to an activating group) is 1. The monoisotopic (exact) mass is 288 g/mol. The molecular formula is C18H28N2O. The number of ether oxygens (including phenoxy) is 1. The van der Waals surface area contributed by atoms with Gasteiger partial charge in [-0.1, -0.05) is 31.2 Å². The first-order valence-corrected chi connectivity index (χ1v) is 8.39. The molecule has 0 radical (unpaired) electrons. The maximum Gasteiger partial charge on any atom is 0.0674 e. The van der Waals surface area contributed by atoms with Gasteiger partial charge >= 0.3 is 0 Å². The van der Waals surface area contributed by atoms with E-state index in [1.165, 1.54) is 24.0 Å². The van der Waals surface area contributed by atoms with Gasteiger partial charge in [0.25, 0.3) is 0 Å². The Kier molecular flexibility index (Phi) is 4.63. The maximum absolute atomic E-state index is 5.81. The van der Waals surface area contributed by atoms with Gasteiger partial charge < -0.3 is 10.1 Å². The largest absolute Gasteiger partial charge is 0.376 e. The van der Waals surface area contributed by atoms with Crippen molar-refractivity contribution in [1.29, 1.82) is 0 Å². The van der Waals surface area contributed by atoms with Gasteiger partial charge in [-0.25, -0.2) is 0 Å². The van der Waals surface area contributed by atoms with Crippen molar-refractivity contribution in [1.82, 2.24) is 10.2 Å². The maximum atomic E-state index is 5.81. The highest BCUT2D eigenvalue weighted by molar-refractivity contribution is 5.34. The third-order valence-electron chi connectivity index (χ3n) is 4.99. The van der Waals surface area contributed by atoms with Gasteiger partial charge in [0.1, 0.15) is 0 Å². The molecule has 1 aromatic rings. The Balaban J connectivity index is 1.87. The van der Waals surface area contributed by atoms with Crippen LogP contribution in [0.3, 0.4) is 0 Å². The number of fused-ring (bicyclic) bond motifs is 1. The van der Waals surface area contributed by atoms with E-state index in [-0.39, 0.29) is 0 Å². The summed E-state index contributed by atoms with van der Waals surface area (Å²) in [5, 5.41) is 3.74. The summed E-state index contributed by atoms with van der Waals surface area (Å²) in [5.74, 6) is 0. The summed E-state index contributed by atoms with van der Waals surface area (Å²) >= 11 is 0. The summed E-state index contributed by atoms with van der Waals surface area (Å²) in [7, 11) is 0. The zero-order valence-corrected chi connectivity index (χ0v) is 13.5. The van der Waals surface area contributed by atoms with Crippen LogP contribution in [0.5, 0.6) is 0 Å². The lowest BCUT2D eigenvalue weighted by Crippen LogP contribution is -2.56. The molecule has 0 saturated carbocycles. The third-order valence-corrected chi connectivity index (χ3v) is 4.99. The number of nitrogens with zero attached hydrogens (tertiary/aromatic N) is 1. The molecule has 1 aliphatic heterocycles. The van der Waals surface area contributed by atoms with Crippen LogP contribution in [0.1, 0.15) is 44.4 Å². The van der Waals surface area contributed by atoms with Crippen LogP contribution in [0.4, 0.5) is 0 Å². The standard InChI is InChI=1S/C18H28N2O/c1-4-19-18-16-8-6-5-7-15(16)9-10-17(18)20-11-14(3)21-12-13(20)2/h5-8,13-14,17-19H,4,9-12H2,1-3H3. The SMILES string of the molecule is CCNC1c2ccccc2CCC1N1CC(C)OCC1C. The number of nitrogens with one attached hydrogen (secondary N) is 1. The van der Waals surface area contributed by atoms with Gasteiger partial charge in [0, 0.05) is 24.7 Å². The smallest absolute Gasteiger partial charge is 0.0674 e. The molecule has 4 atom stereocenters. The number of morpholine rings is 1. The number of rotatable bonds is 3. The summed E-state index contributed by atoms with van der Waals surface area (Å²) in [5.41, 5.74) is 3.02. The Morgan fingerprint density at radius 2 is 2.10 bits per heavy atom. The van der Waals surface area contributed by atoms with E-state index < -0.39 is 0 Å². The van der Waals surface area contributed by atoms with E-state index in [0.29, 0.717) is 24.2 Å². The normalized spacial score (nSPS) is 33.7. The highest BCUT2D eigenvalue weighted by Gasteiger charge is 2.37. The second kappa shape index (κ2) is 6.47. The Morgan fingerprint density at radius 3 is 2.90 bits per heavy atom. The van der Waals surface area contributed by atoms with Crippen LogP contribution in [0.2, 0.25) is 0 Å². The van der Waals surface area contributed by atoms with E-state index in [1.807, 2.05) is 0 Å². The summed E-state index contributed by atoms with van der Waals surface area (Å²) < 4.78 is 5.81. The molecule has 116 valence electrons. The highest BCUT2D eigenvalue weighted by Crippen LogP contribution is 2.34. The quantitative estimate of drug-likeness (QED) is 0.925. The molecular weight excluding hydrogens is 260 g/mol. The van der Waals surface area contributed by atoms with E-state index in [2.05, 4.69) is 55.3 Å². The van der Waals surface area contributed by atoms with Crippen molar-refractivity contribution in [3.05, 3.63) is 35.4 Å². The number of hydrogen-bond acceptors (Lipinski definition) is 3. The van der Waals surface area contributed by atoms with Crippen LogP contribution in [0.25, 0.3) is 0 Å². The molecule has 3 rings (SSSR count). The molecule has 1 N–H and O–H groups in total. The van der Waals surface area contributed by atoms with Gasteiger partial charge in [-0.15, -0.1) is 0 Å². The van der Waals surface area contributed by atoms with Crippen LogP contribution in [0.15, 0.2) is 24.3 Å². The Labute approximate surface area is 128 Å². The molecule has 2 aliphatic rings. The first-order valence-electron chi connectivity index (χ1n) is 8.39. The van der Waals surface area contributed by atoms with Crippen molar-refractivity contribution in [2.45, 2.75) is 57.8 Å². The summed E-state index contributed by atoms with van der Waals surface area (Å²) in [6.07, 6.45) is 2.79.